The van der Waals surface area contributed by atoms with Crippen LogP contribution in [0.2, 0.25) is 0 Å². The Morgan fingerprint density at radius 1 is 1.25 bits per heavy atom. The van der Waals surface area contributed by atoms with E-state index >= 15 is 0 Å². The number of thioether (sulfide) groups is 1. The van der Waals surface area contributed by atoms with Crippen LogP contribution in [0.15, 0.2) is 22.5 Å². The van der Waals surface area contributed by atoms with E-state index in [1.54, 1.807) is 23.1 Å². The molecule has 0 bridgehead atoms. The van der Waals surface area contributed by atoms with E-state index in [9.17, 15) is 0 Å². The topological polar surface area (TPSA) is 24.9 Å². The van der Waals surface area contributed by atoms with Gasteiger partial charge in [0.25, 0.3) is 0 Å². The van der Waals surface area contributed by atoms with Crippen LogP contribution in [0.25, 0.3) is 10.2 Å². The van der Waals surface area contributed by atoms with Gasteiger partial charge in [-0.3, -0.25) is 0 Å². The number of hydrogen-bond acceptors (Lipinski definition) is 4. The lowest BCUT2D eigenvalue weighted by molar-refractivity contribution is 0.268. The number of thiazole rings is 1. The number of benzene rings is 1. The van der Waals surface area contributed by atoms with E-state index in [0.717, 1.165) is 21.7 Å². The summed E-state index contributed by atoms with van der Waals surface area (Å²) in [6.45, 7) is 4.76. The molecule has 1 aliphatic rings. The van der Waals surface area contributed by atoms with Gasteiger partial charge in [0.2, 0.25) is 0 Å². The first kappa shape index (κ1) is 14.2. The number of rotatable bonds is 3. The Kier molecular flexibility index (Phi) is 4.22. The largest absolute Gasteiger partial charge is 0.382 e. The van der Waals surface area contributed by atoms with E-state index in [4.69, 9.17) is 0 Å². The highest BCUT2D eigenvalue weighted by Crippen LogP contribution is 2.34. The van der Waals surface area contributed by atoms with E-state index < -0.39 is 0 Å². The molecule has 0 aliphatic heterocycles. The maximum atomic E-state index is 4.60. The van der Waals surface area contributed by atoms with Crippen molar-refractivity contribution in [2.24, 2.45) is 11.8 Å². The van der Waals surface area contributed by atoms with Gasteiger partial charge < -0.3 is 5.32 Å². The zero-order chi connectivity index (χ0) is 14.1. The zero-order valence-electron chi connectivity index (χ0n) is 12.3. The summed E-state index contributed by atoms with van der Waals surface area (Å²) in [5.41, 5.74) is 2.37. The fraction of sp³-hybridized carbons (Fsp3) is 0.562. The van der Waals surface area contributed by atoms with Gasteiger partial charge in [-0.2, -0.15) is 0 Å². The van der Waals surface area contributed by atoms with Crippen LogP contribution < -0.4 is 5.32 Å². The van der Waals surface area contributed by atoms with Crippen LogP contribution in [0.4, 0.5) is 5.69 Å². The normalized spacial score (nSPS) is 26.9. The second-order valence-electron chi connectivity index (χ2n) is 5.92. The summed E-state index contributed by atoms with van der Waals surface area (Å²) >= 11 is 3.51. The zero-order valence-corrected chi connectivity index (χ0v) is 14.0. The first-order valence-corrected chi connectivity index (χ1v) is 9.42. The van der Waals surface area contributed by atoms with Gasteiger partial charge in [0.05, 0.1) is 10.2 Å². The molecule has 1 aromatic heterocycles. The second kappa shape index (κ2) is 5.94. The fourth-order valence-electron chi connectivity index (χ4n) is 3.24. The molecule has 1 N–H and O–H groups in total. The summed E-state index contributed by atoms with van der Waals surface area (Å²) in [5.74, 6) is 1.52. The van der Waals surface area contributed by atoms with Crippen molar-refractivity contribution in [3.63, 3.8) is 0 Å². The minimum absolute atomic E-state index is 0.606. The molecular weight excluding hydrogens is 284 g/mol. The average molecular weight is 306 g/mol. The second-order valence-corrected chi connectivity index (χ2v) is 8.01. The third-order valence-electron chi connectivity index (χ3n) is 4.42. The van der Waals surface area contributed by atoms with E-state index in [1.807, 2.05) is 0 Å². The molecular formula is C16H22N2S2. The van der Waals surface area contributed by atoms with Gasteiger partial charge in [-0.25, -0.2) is 4.98 Å². The standard InChI is InChI=1S/C16H22N2S2/c1-10-5-4-6-11(2)15(10)17-12-7-8-13-14(9-12)20-16(18-13)19-3/h7-11,15,17H,4-6H2,1-3H3. The monoisotopic (exact) mass is 306 g/mol. The summed E-state index contributed by atoms with van der Waals surface area (Å²) in [6, 6.07) is 7.20. The van der Waals surface area contributed by atoms with Gasteiger partial charge in [-0.15, -0.1) is 11.3 Å². The number of nitrogens with zero attached hydrogens (tertiary/aromatic N) is 1. The summed E-state index contributed by atoms with van der Waals surface area (Å²) in [6.07, 6.45) is 6.16. The minimum atomic E-state index is 0.606. The molecule has 1 saturated carbocycles. The number of hydrogen-bond donors (Lipinski definition) is 1. The first-order valence-electron chi connectivity index (χ1n) is 7.38. The molecule has 2 aromatic rings. The number of fused-ring (bicyclic) bond motifs is 1. The predicted molar refractivity (Wildman–Crippen MR) is 91.0 cm³/mol. The summed E-state index contributed by atoms with van der Waals surface area (Å²) in [4.78, 5) is 4.60. The van der Waals surface area contributed by atoms with Gasteiger partial charge in [0, 0.05) is 11.7 Å². The van der Waals surface area contributed by atoms with E-state index in [1.165, 1.54) is 29.6 Å². The van der Waals surface area contributed by atoms with Crippen LogP contribution >= 0.6 is 23.1 Å². The summed E-state index contributed by atoms with van der Waals surface area (Å²) < 4.78 is 2.44. The Morgan fingerprint density at radius 2 is 2.00 bits per heavy atom. The minimum Gasteiger partial charge on any atom is -0.382 e. The van der Waals surface area contributed by atoms with Crippen LogP contribution in [-0.2, 0) is 0 Å². The highest BCUT2D eigenvalue weighted by atomic mass is 32.2. The number of anilines is 1. The molecule has 0 amide bonds. The first-order chi connectivity index (χ1) is 9.67. The number of nitrogens with one attached hydrogen (secondary N) is 1. The number of aromatic nitrogens is 1. The lowest BCUT2D eigenvalue weighted by Crippen LogP contribution is -2.36. The van der Waals surface area contributed by atoms with Gasteiger partial charge in [0.15, 0.2) is 4.34 Å². The molecule has 3 rings (SSSR count). The van der Waals surface area contributed by atoms with Crippen molar-refractivity contribution in [3.8, 4) is 0 Å². The highest BCUT2D eigenvalue weighted by molar-refractivity contribution is 8.00. The van der Waals surface area contributed by atoms with Crippen molar-refractivity contribution < 1.29 is 0 Å². The molecule has 1 heterocycles. The van der Waals surface area contributed by atoms with Gasteiger partial charge in [0.1, 0.15) is 0 Å². The van der Waals surface area contributed by atoms with Gasteiger partial charge in [-0.1, -0.05) is 32.0 Å². The van der Waals surface area contributed by atoms with Crippen LogP contribution in [0, 0.1) is 11.8 Å². The molecule has 2 atom stereocenters. The van der Waals surface area contributed by atoms with Crippen LogP contribution in [-0.4, -0.2) is 17.3 Å². The molecule has 0 radical (unpaired) electrons. The van der Waals surface area contributed by atoms with E-state index in [0.29, 0.717) is 6.04 Å². The molecule has 0 spiro atoms. The molecule has 4 heteroatoms. The van der Waals surface area contributed by atoms with Crippen molar-refractivity contribution >= 4 is 39.0 Å². The molecule has 1 aliphatic carbocycles. The Morgan fingerprint density at radius 3 is 2.70 bits per heavy atom. The third kappa shape index (κ3) is 2.82. The lowest BCUT2D eigenvalue weighted by atomic mass is 9.78. The molecule has 108 valence electrons. The Balaban J connectivity index is 1.82. The van der Waals surface area contributed by atoms with E-state index in [-0.39, 0.29) is 0 Å². The molecule has 0 saturated heterocycles. The smallest absolute Gasteiger partial charge is 0.150 e. The van der Waals surface area contributed by atoms with Crippen LogP contribution in [0.3, 0.4) is 0 Å². The van der Waals surface area contributed by atoms with Crippen molar-refractivity contribution in [2.45, 2.75) is 43.5 Å². The predicted octanol–water partition coefficient (Wildman–Crippen LogP) is 5.25. The van der Waals surface area contributed by atoms with Crippen molar-refractivity contribution in [3.05, 3.63) is 18.2 Å². The SMILES string of the molecule is CSc1nc2ccc(NC3C(C)CCCC3C)cc2s1. The molecule has 2 unspecified atom stereocenters. The maximum Gasteiger partial charge on any atom is 0.150 e. The Bertz CT molecular complexity index is 583. The highest BCUT2D eigenvalue weighted by Gasteiger charge is 2.27. The molecule has 1 aromatic carbocycles. The molecule has 20 heavy (non-hydrogen) atoms. The fourth-order valence-corrected chi connectivity index (χ4v) is 4.77. The van der Waals surface area contributed by atoms with Crippen molar-refractivity contribution in [2.75, 3.05) is 11.6 Å². The van der Waals surface area contributed by atoms with Crippen LogP contribution in [0.5, 0.6) is 0 Å². The van der Waals surface area contributed by atoms with Crippen LogP contribution in [0.1, 0.15) is 33.1 Å². The average Bonchev–Trinajstić information content (AvgIpc) is 2.85. The summed E-state index contributed by atoms with van der Waals surface area (Å²) in [5, 5.41) is 3.77. The van der Waals surface area contributed by atoms with Gasteiger partial charge >= 0.3 is 0 Å². The quantitative estimate of drug-likeness (QED) is 0.783. The van der Waals surface area contributed by atoms with Gasteiger partial charge in [-0.05, 0) is 49.1 Å². The maximum absolute atomic E-state index is 4.60. The van der Waals surface area contributed by atoms with E-state index in [2.05, 4.69) is 48.6 Å². The summed E-state index contributed by atoms with van der Waals surface area (Å²) in [7, 11) is 0. The lowest BCUT2D eigenvalue weighted by Gasteiger charge is -2.35. The molecule has 1 fully saturated rings. The van der Waals surface area contributed by atoms with Crippen molar-refractivity contribution in [1.82, 2.24) is 4.98 Å². The Labute approximate surface area is 129 Å². The molecule has 2 nitrogen and oxygen atoms in total. The Hall–Kier alpha value is -0.740. The third-order valence-corrected chi connectivity index (χ3v) is 6.43. The van der Waals surface area contributed by atoms with Crippen molar-refractivity contribution in [1.29, 1.82) is 0 Å².